The van der Waals surface area contributed by atoms with Crippen molar-refractivity contribution >= 4 is 0 Å². The van der Waals surface area contributed by atoms with E-state index in [-0.39, 0.29) is 6.15 Å². The molecule has 0 amide bonds. The Hall–Kier alpha value is -0.830. The van der Waals surface area contributed by atoms with E-state index >= 15 is 0 Å². The van der Waals surface area contributed by atoms with Crippen LogP contribution in [0, 0.1) is 6.92 Å². The van der Waals surface area contributed by atoms with E-state index in [2.05, 4.69) is 19.0 Å². The highest BCUT2D eigenvalue weighted by Crippen LogP contribution is 2.12. The van der Waals surface area contributed by atoms with E-state index in [1.165, 1.54) is 0 Å². The topological polar surface area (TPSA) is 61.0 Å². The first-order valence-electron chi connectivity index (χ1n) is 3.13. The summed E-state index contributed by atoms with van der Waals surface area (Å²) in [5, 5.41) is 3.84. The highest BCUT2D eigenvalue weighted by Gasteiger charge is 2.02. The zero-order valence-electron chi connectivity index (χ0n) is 6.72. The van der Waals surface area contributed by atoms with Crippen molar-refractivity contribution in [3.8, 4) is 0 Å². The van der Waals surface area contributed by atoms with Crippen molar-refractivity contribution in [1.82, 2.24) is 11.3 Å². The second kappa shape index (κ2) is 3.37. The number of hydrogen-bond acceptors (Lipinski definition) is 3. The molecule has 0 saturated carbocycles. The first kappa shape index (κ1) is 9.17. The van der Waals surface area contributed by atoms with Gasteiger partial charge in [-0.1, -0.05) is 19.0 Å². The first-order valence-corrected chi connectivity index (χ1v) is 3.13. The van der Waals surface area contributed by atoms with Gasteiger partial charge in [-0.15, -0.1) is 0 Å². The van der Waals surface area contributed by atoms with Crippen LogP contribution >= 0.6 is 0 Å². The van der Waals surface area contributed by atoms with Gasteiger partial charge in [-0.25, -0.2) is 0 Å². The fraction of sp³-hybridized carbons (Fsp3) is 0.571. The molecule has 0 aliphatic rings. The van der Waals surface area contributed by atoms with Gasteiger partial charge in [0.05, 0.1) is 5.69 Å². The SMILES string of the molecule is Cc1cc(C(C)C)no1.N. The lowest BCUT2D eigenvalue weighted by atomic mass is 10.1. The van der Waals surface area contributed by atoms with E-state index in [4.69, 9.17) is 4.52 Å². The fourth-order valence-electron chi connectivity index (χ4n) is 0.658. The monoisotopic (exact) mass is 142 g/mol. The zero-order valence-corrected chi connectivity index (χ0v) is 6.72. The number of nitrogens with zero attached hydrogens (tertiary/aromatic N) is 1. The lowest BCUT2D eigenvalue weighted by molar-refractivity contribution is 0.388. The first-order chi connectivity index (χ1) is 4.20. The van der Waals surface area contributed by atoms with Gasteiger partial charge in [0.15, 0.2) is 0 Å². The summed E-state index contributed by atoms with van der Waals surface area (Å²) >= 11 is 0. The molecule has 1 heterocycles. The zero-order chi connectivity index (χ0) is 6.85. The van der Waals surface area contributed by atoms with Crippen LogP contribution in [0.3, 0.4) is 0 Å². The van der Waals surface area contributed by atoms with E-state index in [1.54, 1.807) is 0 Å². The molecule has 0 aromatic carbocycles. The smallest absolute Gasteiger partial charge is 0.133 e. The summed E-state index contributed by atoms with van der Waals surface area (Å²) in [6, 6.07) is 1.96. The molecule has 0 saturated heterocycles. The third-order valence-corrected chi connectivity index (χ3v) is 1.24. The van der Waals surface area contributed by atoms with Gasteiger partial charge in [0.25, 0.3) is 0 Å². The Morgan fingerprint density at radius 1 is 1.50 bits per heavy atom. The van der Waals surface area contributed by atoms with Crippen LogP contribution in [0.4, 0.5) is 0 Å². The minimum atomic E-state index is 0. The van der Waals surface area contributed by atoms with Crippen LogP contribution in [0.15, 0.2) is 10.6 Å². The summed E-state index contributed by atoms with van der Waals surface area (Å²) in [5.41, 5.74) is 1.03. The molecule has 0 bridgehead atoms. The van der Waals surface area contributed by atoms with Crippen LogP contribution in [-0.2, 0) is 0 Å². The molecule has 1 aromatic heterocycles. The molecule has 3 nitrogen and oxygen atoms in total. The molecule has 1 rings (SSSR count). The Labute approximate surface area is 61.0 Å². The lowest BCUT2D eigenvalue weighted by Gasteiger charge is -1.92. The van der Waals surface area contributed by atoms with Gasteiger partial charge in [-0.3, -0.25) is 0 Å². The largest absolute Gasteiger partial charge is 0.361 e. The summed E-state index contributed by atoms with van der Waals surface area (Å²) in [7, 11) is 0. The van der Waals surface area contributed by atoms with Gasteiger partial charge in [-0.2, -0.15) is 0 Å². The molecule has 3 N–H and O–H groups in total. The Kier molecular flexibility index (Phi) is 3.09. The fourth-order valence-corrected chi connectivity index (χ4v) is 0.658. The molecule has 0 unspecified atom stereocenters. The van der Waals surface area contributed by atoms with Gasteiger partial charge in [0.2, 0.25) is 0 Å². The van der Waals surface area contributed by atoms with Gasteiger partial charge < -0.3 is 10.7 Å². The second-order valence-electron chi connectivity index (χ2n) is 2.52. The minimum Gasteiger partial charge on any atom is -0.361 e. The van der Waals surface area contributed by atoms with Crippen LogP contribution in [0.2, 0.25) is 0 Å². The summed E-state index contributed by atoms with van der Waals surface area (Å²) < 4.78 is 4.88. The Bertz CT molecular complexity index is 193. The molecular formula is C7H14N2O. The molecule has 0 aliphatic carbocycles. The molecule has 0 spiro atoms. The van der Waals surface area contributed by atoms with Crippen LogP contribution in [0.5, 0.6) is 0 Å². The molecule has 0 radical (unpaired) electrons. The Morgan fingerprint density at radius 3 is 2.30 bits per heavy atom. The van der Waals surface area contributed by atoms with E-state index < -0.39 is 0 Å². The highest BCUT2D eigenvalue weighted by molar-refractivity contribution is 5.06. The second-order valence-corrected chi connectivity index (χ2v) is 2.52. The van der Waals surface area contributed by atoms with Crippen molar-refractivity contribution in [2.75, 3.05) is 0 Å². The predicted molar refractivity (Wildman–Crippen MR) is 40.4 cm³/mol. The summed E-state index contributed by atoms with van der Waals surface area (Å²) in [4.78, 5) is 0. The van der Waals surface area contributed by atoms with Crippen molar-refractivity contribution in [2.24, 2.45) is 0 Å². The summed E-state index contributed by atoms with van der Waals surface area (Å²) in [6.07, 6.45) is 0. The molecule has 0 fully saturated rings. The maximum absolute atomic E-state index is 4.88. The third kappa shape index (κ3) is 1.84. The number of aromatic nitrogens is 1. The standard InChI is InChI=1S/C7H11NO.H3N/c1-5(2)7-4-6(3)9-8-7;/h4-5H,1-3H3;1H3. The van der Waals surface area contributed by atoms with Crippen molar-refractivity contribution in [3.63, 3.8) is 0 Å². The number of rotatable bonds is 1. The van der Waals surface area contributed by atoms with E-state index in [0.29, 0.717) is 5.92 Å². The van der Waals surface area contributed by atoms with Crippen molar-refractivity contribution in [1.29, 1.82) is 0 Å². The van der Waals surface area contributed by atoms with E-state index in [0.717, 1.165) is 11.5 Å². The quantitative estimate of drug-likeness (QED) is 0.654. The summed E-state index contributed by atoms with van der Waals surface area (Å²) in [5.74, 6) is 1.36. The maximum Gasteiger partial charge on any atom is 0.133 e. The van der Waals surface area contributed by atoms with Crippen LogP contribution in [0.1, 0.15) is 31.2 Å². The summed E-state index contributed by atoms with van der Waals surface area (Å²) in [6.45, 7) is 6.09. The van der Waals surface area contributed by atoms with Gasteiger partial charge in [0.1, 0.15) is 5.76 Å². The average Bonchev–Trinajstić information content (AvgIpc) is 2.14. The Balaban J connectivity index is 0.000000810. The van der Waals surface area contributed by atoms with Crippen molar-refractivity contribution in [2.45, 2.75) is 26.7 Å². The van der Waals surface area contributed by atoms with E-state index in [9.17, 15) is 0 Å². The van der Waals surface area contributed by atoms with Crippen molar-refractivity contribution in [3.05, 3.63) is 17.5 Å². The van der Waals surface area contributed by atoms with E-state index in [1.807, 2.05) is 13.0 Å². The highest BCUT2D eigenvalue weighted by atomic mass is 16.5. The van der Waals surface area contributed by atoms with Crippen LogP contribution in [0.25, 0.3) is 0 Å². The van der Waals surface area contributed by atoms with Crippen LogP contribution in [-0.4, -0.2) is 5.16 Å². The molecule has 0 aliphatic heterocycles. The molecule has 3 heteroatoms. The average molecular weight is 142 g/mol. The van der Waals surface area contributed by atoms with Gasteiger partial charge in [0, 0.05) is 6.07 Å². The molecule has 10 heavy (non-hydrogen) atoms. The number of hydrogen-bond donors (Lipinski definition) is 1. The Morgan fingerprint density at radius 2 is 2.10 bits per heavy atom. The van der Waals surface area contributed by atoms with Gasteiger partial charge >= 0.3 is 0 Å². The molecule has 0 atom stereocenters. The normalized spacial score (nSPS) is 9.60. The number of aryl methyl sites for hydroxylation is 1. The van der Waals surface area contributed by atoms with Crippen molar-refractivity contribution < 1.29 is 4.52 Å². The predicted octanol–water partition coefficient (Wildman–Crippen LogP) is 2.27. The van der Waals surface area contributed by atoms with Gasteiger partial charge in [-0.05, 0) is 12.8 Å². The minimum absolute atomic E-state index is 0. The molecular weight excluding hydrogens is 128 g/mol. The maximum atomic E-state index is 4.88. The molecule has 1 aromatic rings. The lowest BCUT2D eigenvalue weighted by Crippen LogP contribution is -1.84. The third-order valence-electron chi connectivity index (χ3n) is 1.24. The molecule has 58 valence electrons. The van der Waals surface area contributed by atoms with Crippen LogP contribution < -0.4 is 6.15 Å².